The molecule has 0 aliphatic rings. The zero-order chi connectivity index (χ0) is 13.2. The van der Waals surface area contributed by atoms with E-state index in [9.17, 15) is 26.7 Å². The molecule has 17 heavy (non-hydrogen) atoms. The first-order valence-electron chi connectivity index (χ1n) is 3.99. The fourth-order valence-electron chi connectivity index (χ4n) is 0.895. The van der Waals surface area contributed by atoms with Crippen molar-refractivity contribution < 1.29 is 31.5 Å². The van der Waals surface area contributed by atoms with Crippen molar-refractivity contribution in [2.45, 2.75) is 0 Å². The van der Waals surface area contributed by atoms with E-state index in [1.54, 1.807) is 0 Å². The molecule has 0 atom stereocenters. The van der Waals surface area contributed by atoms with E-state index in [0.29, 0.717) is 0 Å². The lowest BCUT2D eigenvalue weighted by molar-refractivity contribution is -0.132. The minimum Gasteiger partial charge on any atom is -0.414 e. The molecule has 8 heteroatoms. The molecule has 0 spiro atoms. The van der Waals surface area contributed by atoms with Gasteiger partial charge in [0.15, 0.2) is 0 Å². The van der Waals surface area contributed by atoms with Gasteiger partial charge in [-0.05, 0) is 0 Å². The molecule has 0 fully saturated rings. The number of halogens is 5. The molecule has 1 aromatic carbocycles. The number of esters is 1. The van der Waals surface area contributed by atoms with Gasteiger partial charge in [-0.15, -0.1) is 0 Å². The van der Waals surface area contributed by atoms with Crippen molar-refractivity contribution in [1.82, 2.24) is 0 Å². The van der Waals surface area contributed by atoms with Gasteiger partial charge < -0.3 is 4.74 Å². The lowest BCUT2D eigenvalue weighted by Crippen LogP contribution is -2.15. The third-order valence-corrected chi connectivity index (χ3v) is 1.61. The lowest BCUT2D eigenvalue weighted by atomic mass is 10.2. The van der Waals surface area contributed by atoms with Crippen LogP contribution in [0.2, 0.25) is 0 Å². The van der Waals surface area contributed by atoms with Gasteiger partial charge in [-0.25, -0.2) is 18.0 Å². The molecule has 0 aliphatic carbocycles. The minimum atomic E-state index is -2.34. The number of benzene rings is 1. The van der Waals surface area contributed by atoms with Crippen LogP contribution in [0.15, 0.2) is 0 Å². The Morgan fingerprint density at radius 3 is 1.82 bits per heavy atom. The lowest BCUT2D eigenvalue weighted by Gasteiger charge is -2.06. The predicted octanol–water partition coefficient (Wildman–Crippen LogP) is 2.25. The number of rotatable bonds is 2. The van der Waals surface area contributed by atoms with Gasteiger partial charge >= 0.3 is 12.5 Å². The van der Waals surface area contributed by atoms with E-state index in [4.69, 9.17) is 0 Å². The van der Waals surface area contributed by atoms with Crippen LogP contribution in [0.4, 0.5) is 22.0 Å². The van der Waals surface area contributed by atoms with Gasteiger partial charge in [-0.2, -0.15) is 8.78 Å². The largest absolute Gasteiger partial charge is 0.414 e. The number of hydrogen-bond acceptors (Lipinski definition) is 2. The molecule has 0 aliphatic heterocycles. The summed E-state index contributed by atoms with van der Waals surface area (Å²) in [5, 5.41) is 0. The maximum atomic E-state index is 12.9. The average Bonchev–Trinajstić information content (AvgIpc) is 2.30. The van der Waals surface area contributed by atoms with Crippen LogP contribution >= 0.6 is 0 Å². The first-order valence-corrected chi connectivity index (χ1v) is 3.99. The molecule has 0 unspecified atom stereocenters. The third kappa shape index (κ3) is 2.33. The Morgan fingerprint density at radius 1 is 1.00 bits per heavy atom. The number of carbonyl (C=O) groups is 1. The molecule has 0 aromatic heterocycles. The number of hydrogen-bond donors (Lipinski definition) is 0. The highest BCUT2D eigenvalue weighted by molar-refractivity contribution is 5.76. The fourth-order valence-corrected chi connectivity index (χ4v) is 0.895. The summed E-state index contributed by atoms with van der Waals surface area (Å²) in [6, 6.07) is 0. The number of carbonyl (C=O) groups excluding carboxylic acids is 1. The summed E-state index contributed by atoms with van der Waals surface area (Å²) < 4.78 is 67.7. The zero-order valence-electron chi connectivity index (χ0n) is 7.94. The van der Waals surface area contributed by atoms with Crippen molar-refractivity contribution in [3.8, 4) is 12.3 Å². The average molecular weight is 252 g/mol. The Kier molecular flexibility index (Phi) is 3.62. The Labute approximate surface area is 91.2 Å². The third-order valence-electron chi connectivity index (χ3n) is 1.61. The molecule has 1 rings (SSSR count). The Balaban J connectivity index is 3.26. The van der Waals surface area contributed by atoms with Crippen LogP contribution in [0.3, 0.4) is 0 Å². The highest BCUT2D eigenvalue weighted by Crippen LogP contribution is 2.29. The summed E-state index contributed by atoms with van der Waals surface area (Å²) in [7, 11) is 0. The summed E-state index contributed by atoms with van der Waals surface area (Å²) in [6.45, 7) is 3.78. The molecule has 0 radical (unpaired) electrons. The van der Waals surface area contributed by atoms with E-state index in [2.05, 4.69) is 16.2 Å². The standard InChI is InChI=1S/C9H3F5NO2/c1-15-2-3(16)17-9-7(13)5(11)4(10)6(12)8(9)14/h1H,2H2/q+1. The summed E-state index contributed by atoms with van der Waals surface area (Å²) in [6.07, 6.45) is 0. The first-order chi connectivity index (χ1) is 7.90. The zero-order valence-corrected chi connectivity index (χ0v) is 7.94. The molecule has 0 amide bonds. The van der Waals surface area contributed by atoms with Gasteiger partial charge in [0.2, 0.25) is 34.8 Å². The van der Waals surface area contributed by atoms with Gasteiger partial charge in [-0.1, -0.05) is 4.85 Å². The van der Waals surface area contributed by atoms with E-state index in [0.717, 1.165) is 0 Å². The summed E-state index contributed by atoms with van der Waals surface area (Å²) >= 11 is 0. The van der Waals surface area contributed by atoms with E-state index >= 15 is 0 Å². The second kappa shape index (κ2) is 4.78. The van der Waals surface area contributed by atoms with Gasteiger partial charge in [-0.3, -0.25) is 0 Å². The maximum Gasteiger partial charge on any atom is 0.397 e. The van der Waals surface area contributed by atoms with Crippen LogP contribution in [0.1, 0.15) is 0 Å². The van der Waals surface area contributed by atoms with Crippen molar-refractivity contribution in [1.29, 1.82) is 0 Å². The van der Waals surface area contributed by atoms with E-state index in [1.807, 2.05) is 0 Å². The molecule has 90 valence electrons. The molecule has 3 nitrogen and oxygen atoms in total. The molecule has 0 N–H and O–H groups in total. The summed E-state index contributed by atoms with van der Waals surface area (Å²) in [4.78, 5) is 13.5. The van der Waals surface area contributed by atoms with Crippen molar-refractivity contribution in [3.05, 3.63) is 33.9 Å². The Hall–Kier alpha value is -2.17. The topological polar surface area (TPSA) is 30.7 Å². The molecule has 0 heterocycles. The van der Waals surface area contributed by atoms with Crippen molar-refractivity contribution in [2.24, 2.45) is 0 Å². The van der Waals surface area contributed by atoms with Gasteiger partial charge in [0.1, 0.15) is 0 Å². The Bertz CT molecular complexity index is 494. The van der Waals surface area contributed by atoms with E-state index in [-0.39, 0.29) is 0 Å². The summed E-state index contributed by atoms with van der Waals surface area (Å²) in [5.41, 5.74) is 0. The van der Waals surface area contributed by atoms with Crippen LogP contribution in [-0.2, 0) is 4.79 Å². The van der Waals surface area contributed by atoms with Crippen molar-refractivity contribution in [2.75, 3.05) is 6.54 Å². The van der Waals surface area contributed by atoms with Crippen LogP contribution in [-0.4, -0.2) is 12.5 Å². The van der Waals surface area contributed by atoms with Gasteiger partial charge in [0, 0.05) is 0 Å². The second-order valence-electron chi connectivity index (χ2n) is 2.71. The van der Waals surface area contributed by atoms with Crippen molar-refractivity contribution in [3.63, 3.8) is 0 Å². The first kappa shape index (κ1) is 12.9. The van der Waals surface area contributed by atoms with Crippen LogP contribution in [0.5, 0.6) is 5.75 Å². The molecule has 0 saturated carbocycles. The quantitative estimate of drug-likeness (QED) is 0.266. The second-order valence-corrected chi connectivity index (χ2v) is 2.71. The fraction of sp³-hybridized carbons (Fsp3) is 0.111. The Morgan fingerprint density at radius 2 is 1.41 bits per heavy atom. The van der Waals surface area contributed by atoms with Crippen molar-refractivity contribution >= 4 is 5.97 Å². The van der Waals surface area contributed by atoms with Crippen LogP contribution in [0, 0.1) is 35.7 Å². The maximum absolute atomic E-state index is 12.9. The number of ether oxygens (including phenoxy) is 1. The van der Waals surface area contributed by atoms with Crippen LogP contribution in [0.25, 0.3) is 4.85 Å². The van der Waals surface area contributed by atoms with E-state index in [1.165, 1.54) is 0 Å². The number of nitrogens with zero attached hydrogens (tertiary/aromatic N) is 1. The molecule has 0 bridgehead atoms. The molecular formula is C9H3F5NO2+. The smallest absolute Gasteiger partial charge is 0.397 e. The van der Waals surface area contributed by atoms with Gasteiger partial charge in [0.25, 0.3) is 6.57 Å². The highest BCUT2D eigenvalue weighted by atomic mass is 19.2. The SMILES string of the molecule is C#[N+]CC(=O)Oc1c(F)c(F)c(F)c(F)c1F. The van der Waals surface area contributed by atoms with Crippen LogP contribution < -0.4 is 4.74 Å². The molecule has 0 saturated heterocycles. The monoisotopic (exact) mass is 252 g/mol. The van der Waals surface area contributed by atoms with E-state index < -0.39 is 47.3 Å². The summed E-state index contributed by atoms with van der Waals surface area (Å²) in [5.74, 6) is -14.3. The minimum absolute atomic E-state index is 0.792. The molecule has 1 aromatic rings. The normalized spacial score (nSPS) is 9.88. The molecular weight excluding hydrogens is 249 g/mol. The highest BCUT2D eigenvalue weighted by Gasteiger charge is 2.29. The van der Waals surface area contributed by atoms with Gasteiger partial charge in [0.05, 0.1) is 0 Å². The predicted molar refractivity (Wildman–Crippen MR) is 45.0 cm³/mol.